The SMILES string of the molecule is Cn1nc(C#Cc2ccccccccc2)c(C#N)c1N. The molecule has 1 aromatic heterocycles. The van der Waals surface area contributed by atoms with Crippen molar-refractivity contribution in [1.29, 1.82) is 5.26 Å². The highest BCUT2D eigenvalue weighted by atomic mass is 15.3. The molecule has 0 bridgehead atoms. The molecule has 2 rings (SSSR count). The van der Waals surface area contributed by atoms with Crippen LogP contribution in [0.2, 0.25) is 0 Å². The van der Waals surface area contributed by atoms with Crippen LogP contribution >= 0.6 is 0 Å². The Morgan fingerprint density at radius 1 is 1.00 bits per heavy atom. The van der Waals surface area contributed by atoms with Crippen molar-refractivity contribution in [2.75, 3.05) is 5.73 Å². The molecule has 0 amide bonds. The lowest BCUT2D eigenvalue weighted by Crippen LogP contribution is -1.97. The van der Waals surface area contributed by atoms with Gasteiger partial charge in [0.2, 0.25) is 0 Å². The number of nitrogen functional groups attached to an aromatic ring is 1. The number of rotatable bonds is 0. The zero-order valence-corrected chi connectivity index (χ0v) is 11.6. The second kappa shape index (κ2) is 6.79. The van der Waals surface area contributed by atoms with Crippen LogP contribution in [0.25, 0.3) is 0 Å². The first-order chi connectivity index (χ1) is 10.2. The summed E-state index contributed by atoms with van der Waals surface area (Å²) >= 11 is 0. The predicted octanol–water partition coefficient (Wildman–Crippen LogP) is 2.40. The first-order valence-corrected chi connectivity index (χ1v) is 6.35. The molecule has 4 nitrogen and oxygen atoms in total. The molecule has 0 saturated carbocycles. The Hall–Kier alpha value is -3.24. The normalized spacial score (nSPS) is 8.95. The average Bonchev–Trinajstić information content (AvgIpc) is 2.77. The van der Waals surface area contributed by atoms with E-state index in [1.54, 1.807) is 7.05 Å². The Kier molecular flexibility index (Phi) is 4.58. The molecule has 2 N–H and O–H groups in total. The third kappa shape index (κ3) is 3.62. The molecule has 102 valence electrons. The summed E-state index contributed by atoms with van der Waals surface area (Å²) in [7, 11) is 1.68. The Labute approximate surface area is 123 Å². The van der Waals surface area contributed by atoms with Gasteiger partial charge in [0.15, 0.2) is 5.69 Å². The van der Waals surface area contributed by atoms with E-state index in [0.29, 0.717) is 17.1 Å². The van der Waals surface area contributed by atoms with Crippen molar-refractivity contribution in [2.24, 2.45) is 7.05 Å². The van der Waals surface area contributed by atoms with Crippen LogP contribution in [0.15, 0.2) is 54.6 Å². The molecule has 0 radical (unpaired) electrons. The largest absolute Gasteiger partial charge is 0.383 e. The zero-order chi connectivity index (χ0) is 15.1. The molecule has 1 aromatic carbocycles. The van der Waals surface area contributed by atoms with Gasteiger partial charge in [-0.25, -0.2) is 0 Å². The summed E-state index contributed by atoms with van der Waals surface area (Å²) in [6.07, 6.45) is 0. The summed E-state index contributed by atoms with van der Waals surface area (Å²) in [6, 6.07) is 19.3. The lowest BCUT2D eigenvalue weighted by molar-refractivity contribution is 0.775. The monoisotopic (exact) mass is 274 g/mol. The molecule has 0 aliphatic carbocycles. The van der Waals surface area contributed by atoms with Gasteiger partial charge in [0, 0.05) is 12.6 Å². The van der Waals surface area contributed by atoms with Crippen molar-refractivity contribution >= 4 is 5.82 Å². The van der Waals surface area contributed by atoms with Gasteiger partial charge < -0.3 is 5.73 Å². The number of nitriles is 1. The van der Waals surface area contributed by atoms with E-state index in [-0.39, 0.29) is 0 Å². The van der Waals surface area contributed by atoms with Gasteiger partial charge in [0.05, 0.1) is 0 Å². The predicted molar refractivity (Wildman–Crippen MR) is 82.4 cm³/mol. The van der Waals surface area contributed by atoms with Crippen LogP contribution in [0.3, 0.4) is 0 Å². The summed E-state index contributed by atoms with van der Waals surface area (Å²) in [4.78, 5) is 0. The highest BCUT2D eigenvalue weighted by Gasteiger charge is 2.10. The lowest BCUT2D eigenvalue weighted by atomic mass is 10.2. The van der Waals surface area contributed by atoms with Crippen LogP contribution in [-0.4, -0.2) is 9.78 Å². The molecule has 0 atom stereocenters. The molecular formula is C17H14N4. The first-order valence-electron chi connectivity index (χ1n) is 6.35. The number of nitrogens with two attached hydrogens (primary N) is 1. The van der Waals surface area contributed by atoms with E-state index in [9.17, 15) is 0 Å². The van der Waals surface area contributed by atoms with E-state index < -0.39 is 0 Å². The minimum absolute atomic E-state index is 0.313. The second-order valence-electron chi connectivity index (χ2n) is 4.23. The Morgan fingerprint density at radius 2 is 1.57 bits per heavy atom. The fourth-order valence-electron chi connectivity index (χ4n) is 1.64. The van der Waals surface area contributed by atoms with E-state index in [0.717, 1.165) is 5.56 Å². The molecule has 0 unspecified atom stereocenters. The maximum Gasteiger partial charge on any atom is 0.155 e. The Bertz CT molecular complexity index is 775. The number of aryl methyl sites for hydroxylation is 1. The molecule has 0 saturated heterocycles. The fourth-order valence-corrected chi connectivity index (χ4v) is 1.64. The van der Waals surface area contributed by atoms with Gasteiger partial charge in [0.1, 0.15) is 17.5 Å². The van der Waals surface area contributed by atoms with E-state index in [1.807, 2.05) is 60.7 Å². The topological polar surface area (TPSA) is 67.6 Å². The number of hydrogen-bond acceptors (Lipinski definition) is 3. The van der Waals surface area contributed by atoms with Crippen LogP contribution in [-0.2, 0) is 7.05 Å². The van der Waals surface area contributed by atoms with Crippen LogP contribution in [0, 0.1) is 23.2 Å². The van der Waals surface area contributed by atoms with Gasteiger partial charge in [-0.3, -0.25) is 4.68 Å². The van der Waals surface area contributed by atoms with Crippen molar-refractivity contribution < 1.29 is 0 Å². The number of nitrogens with zero attached hydrogens (tertiary/aromatic N) is 3. The fraction of sp³-hybridized carbons (Fsp3) is 0.0588. The van der Waals surface area contributed by atoms with E-state index in [4.69, 9.17) is 11.0 Å². The van der Waals surface area contributed by atoms with E-state index in [1.165, 1.54) is 4.68 Å². The summed E-state index contributed by atoms with van der Waals surface area (Å²) in [5.74, 6) is 6.23. The number of anilines is 1. The standard InChI is InChI=1S/C17H14N4/c1-21-17(19)15(13-18)16(20-21)12-11-14-9-7-5-3-2-4-6-8-10-14/h2-10H,19H2,1H3. The van der Waals surface area contributed by atoms with Crippen LogP contribution in [0.5, 0.6) is 0 Å². The third-order valence-electron chi connectivity index (χ3n) is 2.75. The highest BCUT2D eigenvalue weighted by molar-refractivity contribution is 5.57. The number of aromatic nitrogens is 2. The summed E-state index contributed by atoms with van der Waals surface area (Å²) < 4.78 is 1.45. The summed E-state index contributed by atoms with van der Waals surface area (Å²) in [6.45, 7) is 0. The maximum absolute atomic E-state index is 9.09. The molecule has 1 heterocycles. The first kappa shape index (κ1) is 14.2. The second-order valence-corrected chi connectivity index (χ2v) is 4.23. The van der Waals surface area contributed by atoms with E-state index in [2.05, 4.69) is 16.9 Å². The quantitative estimate of drug-likeness (QED) is 0.750. The van der Waals surface area contributed by atoms with Gasteiger partial charge in [-0.1, -0.05) is 48.4 Å². The number of hydrogen-bond donors (Lipinski definition) is 1. The van der Waals surface area contributed by atoms with Gasteiger partial charge >= 0.3 is 0 Å². The molecule has 0 spiro atoms. The average molecular weight is 274 g/mol. The highest BCUT2D eigenvalue weighted by Crippen LogP contribution is 2.13. The minimum Gasteiger partial charge on any atom is -0.383 e. The molecule has 2 aromatic rings. The van der Waals surface area contributed by atoms with Gasteiger partial charge in [-0.05, 0) is 18.1 Å². The summed E-state index contributed by atoms with van der Waals surface area (Å²) in [5, 5.41) is 13.2. The Balaban J connectivity index is 2.45. The zero-order valence-electron chi connectivity index (χ0n) is 11.6. The van der Waals surface area contributed by atoms with Crippen LogP contribution in [0.1, 0.15) is 16.8 Å². The van der Waals surface area contributed by atoms with Gasteiger partial charge in [0.25, 0.3) is 0 Å². The minimum atomic E-state index is 0.313. The van der Waals surface area contributed by atoms with Crippen molar-refractivity contribution in [1.82, 2.24) is 9.78 Å². The van der Waals surface area contributed by atoms with Crippen LogP contribution in [0.4, 0.5) is 5.82 Å². The summed E-state index contributed by atoms with van der Waals surface area (Å²) in [5.41, 5.74) is 7.28. The molecule has 21 heavy (non-hydrogen) atoms. The van der Waals surface area contributed by atoms with Crippen molar-refractivity contribution in [2.45, 2.75) is 0 Å². The smallest absolute Gasteiger partial charge is 0.155 e. The van der Waals surface area contributed by atoms with E-state index >= 15 is 0 Å². The van der Waals surface area contributed by atoms with Crippen molar-refractivity contribution in [3.8, 4) is 17.9 Å². The third-order valence-corrected chi connectivity index (χ3v) is 2.75. The van der Waals surface area contributed by atoms with Crippen molar-refractivity contribution in [3.63, 3.8) is 0 Å². The maximum atomic E-state index is 9.09. The molecule has 0 fully saturated rings. The van der Waals surface area contributed by atoms with Gasteiger partial charge in [-0.15, -0.1) is 0 Å². The van der Waals surface area contributed by atoms with Gasteiger partial charge in [-0.2, -0.15) is 10.4 Å². The molecule has 4 heteroatoms. The molecular weight excluding hydrogens is 260 g/mol. The molecule has 0 aliphatic heterocycles. The van der Waals surface area contributed by atoms with Crippen LogP contribution < -0.4 is 5.73 Å². The lowest BCUT2D eigenvalue weighted by Gasteiger charge is -1.89. The molecule has 0 aliphatic rings. The van der Waals surface area contributed by atoms with Crippen molar-refractivity contribution in [3.05, 3.63) is 71.4 Å². The Morgan fingerprint density at radius 3 is 2.14 bits per heavy atom.